The van der Waals surface area contributed by atoms with E-state index in [0.29, 0.717) is 31.7 Å². The second-order valence-electron chi connectivity index (χ2n) is 8.95. The summed E-state index contributed by atoms with van der Waals surface area (Å²) in [6.07, 6.45) is 6.24. The van der Waals surface area contributed by atoms with Crippen molar-refractivity contribution in [3.63, 3.8) is 0 Å². The maximum Gasteiger partial charge on any atom is 0.416 e. The molecule has 5 nitrogen and oxygen atoms in total. The molecule has 0 spiro atoms. The van der Waals surface area contributed by atoms with Crippen LogP contribution in [0.15, 0.2) is 42.4 Å². The highest BCUT2D eigenvalue weighted by Gasteiger charge is 2.30. The molecule has 1 aliphatic heterocycles. The molecule has 1 heterocycles. The van der Waals surface area contributed by atoms with E-state index in [2.05, 4.69) is 0 Å². The van der Waals surface area contributed by atoms with Crippen molar-refractivity contribution >= 4 is 12.0 Å². The van der Waals surface area contributed by atoms with Gasteiger partial charge in [0.05, 0.1) is 18.2 Å². The number of rotatable bonds is 10. The second kappa shape index (κ2) is 13.4. The summed E-state index contributed by atoms with van der Waals surface area (Å²) in [6, 6.07) is 5.42. The lowest BCUT2D eigenvalue weighted by Crippen LogP contribution is -2.35. The average molecular weight is 482 g/mol. The van der Waals surface area contributed by atoms with Gasteiger partial charge in [-0.3, -0.25) is 4.79 Å². The van der Waals surface area contributed by atoms with Gasteiger partial charge in [-0.2, -0.15) is 13.2 Å². The highest BCUT2D eigenvalue weighted by atomic mass is 19.4. The van der Waals surface area contributed by atoms with Crippen molar-refractivity contribution in [3.05, 3.63) is 53.5 Å². The molecule has 1 aliphatic rings. The van der Waals surface area contributed by atoms with Gasteiger partial charge < -0.3 is 19.4 Å². The smallest absolute Gasteiger partial charge is 0.376 e. The van der Waals surface area contributed by atoms with Crippen LogP contribution in [0.5, 0.6) is 0 Å². The first-order valence-corrected chi connectivity index (χ1v) is 11.9. The molecule has 1 fully saturated rings. The molecule has 0 aromatic heterocycles. The van der Waals surface area contributed by atoms with Crippen molar-refractivity contribution in [2.45, 2.75) is 57.7 Å². The Bertz CT molecular complexity index is 829. The van der Waals surface area contributed by atoms with Gasteiger partial charge in [0.15, 0.2) is 0 Å². The first kappa shape index (κ1) is 27.8. The van der Waals surface area contributed by atoms with Crippen LogP contribution in [0.25, 0.3) is 5.57 Å². The van der Waals surface area contributed by atoms with E-state index in [4.69, 9.17) is 4.74 Å². The largest absolute Gasteiger partial charge is 0.416 e. The number of halogens is 3. The van der Waals surface area contributed by atoms with Crippen LogP contribution in [0, 0.1) is 0 Å². The Hall–Kier alpha value is -2.48. The molecule has 2 rings (SSSR count). The SMILES string of the molecule is CCC=C(CN(C)/C(=C/N(C=O)CC1CCCCCCO1)N(C)C)c1cccc(C(F)(F)F)c1. The summed E-state index contributed by atoms with van der Waals surface area (Å²) in [4.78, 5) is 17.3. The van der Waals surface area contributed by atoms with Gasteiger partial charge in [-0.1, -0.05) is 44.4 Å². The van der Waals surface area contributed by atoms with Gasteiger partial charge in [0.1, 0.15) is 5.82 Å². The number of allylic oxidation sites excluding steroid dienone is 1. The van der Waals surface area contributed by atoms with E-state index >= 15 is 0 Å². The van der Waals surface area contributed by atoms with Gasteiger partial charge in [0.2, 0.25) is 6.41 Å². The number of likely N-dealkylation sites (N-methyl/N-ethyl adjacent to an activating group) is 1. The molecule has 0 N–H and O–H groups in total. The van der Waals surface area contributed by atoms with Gasteiger partial charge in [-0.15, -0.1) is 0 Å². The van der Waals surface area contributed by atoms with Gasteiger partial charge in [0, 0.05) is 40.5 Å². The Labute approximate surface area is 201 Å². The van der Waals surface area contributed by atoms with Crippen molar-refractivity contribution in [2.24, 2.45) is 0 Å². The van der Waals surface area contributed by atoms with Crippen LogP contribution in [-0.2, 0) is 15.7 Å². The third-order valence-corrected chi connectivity index (χ3v) is 5.87. The van der Waals surface area contributed by atoms with Crippen LogP contribution in [-0.4, -0.2) is 68.1 Å². The summed E-state index contributed by atoms with van der Waals surface area (Å²) in [5.41, 5.74) is 0.672. The highest BCUT2D eigenvalue weighted by Crippen LogP contribution is 2.31. The molecule has 8 heteroatoms. The third kappa shape index (κ3) is 8.70. The van der Waals surface area contributed by atoms with E-state index in [-0.39, 0.29) is 6.10 Å². The van der Waals surface area contributed by atoms with Gasteiger partial charge in [-0.05, 0) is 42.5 Å². The summed E-state index contributed by atoms with van der Waals surface area (Å²) in [7, 11) is 5.63. The second-order valence-corrected chi connectivity index (χ2v) is 8.95. The van der Waals surface area contributed by atoms with E-state index in [1.165, 1.54) is 25.0 Å². The van der Waals surface area contributed by atoms with E-state index in [1.807, 2.05) is 43.9 Å². The average Bonchev–Trinajstić information content (AvgIpc) is 2.76. The lowest BCUT2D eigenvalue weighted by molar-refractivity contribution is -0.137. The molecule has 1 amide bonds. The fourth-order valence-electron chi connectivity index (χ4n) is 4.12. The van der Waals surface area contributed by atoms with Crippen molar-refractivity contribution in [1.82, 2.24) is 14.7 Å². The molecule has 1 aromatic carbocycles. The third-order valence-electron chi connectivity index (χ3n) is 5.87. The minimum absolute atomic E-state index is 0.00359. The molecule has 1 unspecified atom stereocenters. The van der Waals surface area contributed by atoms with Crippen molar-refractivity contribution in [2.75, 3.05) is 40.8 Å². The molecule has 1 aromatic rings. The Balaban J connectivity index is 2.22. The first-order chi connectivity index (χ1) is 16.2. The number of carbonyl (C=O) groups is 1. The quantitative estimate of drug-likeness (QED) is 0.408. The van der Waals surface area contributed by atoms with E-state index in [9.17, 15) is 18.0 Å². The molecule has 0 radical (unpaired) electrons. The van der Waals surface area contributed by atoms with Crippen LogP contribution < -0.4 is 0 Å². The summed E-state index contributed by atoms with van der Waals surface area (Å²) in [5, 5.41) is 0. The minimum Gasteiger partial charge on any atom is -0.376 e. The first-order valence-electron chi connectivity index (χ1n) is 11.9. The molecule has 0 saturated carbocycles. The maximum absolute atomic E-state index is 13.2. The Morgan fingerprint density at radius 1 is 1.15 bits per heavy atom. The topological polar surface area (TPSA) is 36.0 Å². The Morgan fingerprint density at radius 2 is 1.88 bits per heavy atom. The number of alkyl halides is 3. The highest BCUT2D eigenvalue weighted by molar-refractivity contribution is 5.67. The summed E-state index contributed by atoms with van der Waals surface area (Å²) in [5.74, 6) is 0.770. The number of hydrogen-bond acceptors (Lipinski definition) is 4. The van der Waals surface area contributed by atoms with Crippen LogP contribution in [0.3, 0.4) is 0 Å². The fraction of sp³-hybridized carbons (Fsp3) is 0.577. The van der Waals surface area contributed by atoms with Crippen LogP contribution in [0.4, 0.5) is 13.2 Å². The molecule has 0 aliphatic carbocycles. The lowest BCUT2D eigenvalue weighted by atomic mass is 10.0. The van der Waals surface area contributed by atoms with Crippen LogP contribution in [0.2, 0.25) is 0 Å². The monoisotopic (exact) mass is 481 g/mol. The molecule has 34 heavy (non-hydrogen) atoms. The fourth-order valence-corrected chi connectivity index (χ4v) is 4.12. The zero-order valence-corrected chi connectivity index (χ0v) is 20.8. The summed E-state index contributed by atoms with van der Waals surface area (Å²) < 4.78 is 45.7. The van der Waals surface area contributed by atoms with Crippen LogP contribution >= 0.6 is 0 Å². The Morgan fingerprint density at radius 3 is 2.53 bits per heavy atom. The lowest BCUT2D eigenvalue weighted by Gasteiger charge is -2.31. The Kier molecular flexibility index (Phi) is 11.0. The molecular formula is C26H38F3N3O2. The minimum atomic E-state index is -4.39. The number of carbonyl (C=O) groups excluding carboxylic acids is 1. The number of ether oxygens (including phenoxy) is 1. The van der Waals surface area contributed by atoms with E-state index in [0.717, 1.165) is 43.1 Å². The van der Waals surface area contributed by atoms with Crippen molar-refractivity contribution < 1.29 is 22.7 Å². The molecular weight excluding hydrogens is 443 g/mol. The molecule has 1 atom stereocenters. The number of amides is 1. The number of hydrogen-bond donors (Lipinski definition) is 0. The standard InChI is InChI=1S/C26H38F3N3O2/c1-5-11-22(21-12-10-13-23(16-21)26(27,28)29)17-31(4)25(30(2)3)19-32(20-33)18-24-14-8-6-7-9-15-34-24/h10-13,16,19-20,24H,5-9,14-15,17-18H2,1-4H3/b22-11?,25-19+. The maximum atomic E-state index is 13.2. The predicted octanol–water partition coefficient (Wildman–Crippen LogP) is 5.60. The van der Waals surface area contributed by atoms with Gasteiger partial charge >= 0.3 is 6.18 Å². The van der Waals surface area contributed by atoms with Crippen molar-refractivity contribution in [1.29, 1.82) is 0 Å². The summed E-state index contributed by atoms with van der Waals surface area (Å²) >= 11 is 0. The molecule has 0 bridgehead atoms. The number of benzene rings is 1. The predicted molar refractivity (Wildman–Crippen MR) is 130 cm³/mol. The molecule has 1 saturated heterocycles. The van der Waals surface area contributed by atoms with E-state index < -0.39 is 11.7 Å². The zero-order valence-electron chi connectivity index (χ0n) is 20.8. The molecule has 190 valence electrons. The van der Waals surface area contributed by atoms with E-state index in [1.54, 1.807) is 17.2 Å². The van der Waals surface area contributed by atoms with Gasteiger partial charge in [-0.25, -0.2) is 0 Å². The van der Waals surface area contributed by atoms with Crippen molar-refractivity contribution in [3.8, 4) is 0 Å². The zero-order chi connectivity index (χ0) is 25.1. The van der Waals surface area contributed by atoms with Crippen LogP contribution in [0.1, 0.15) is 56.6 Å². The van der Waals surface area contributed by atoms with Gasteiger partial charge in [0.25, 0.3) is 0 Å². The summed E-state index contributed by atoms with van der Waals surface area (Å²) in [6.45, 7) is 3.54. The normalized spacial score (nSPS) is 18.1. The number of nitrogens with zero attached hydrogens (tertiary/aromatic N) is 3.